The number of piperidine rings is 1. The van der Waals surface area contributed by atoms with Gasteiger partial charge in [-0.15, -0.1) is 0 Å². The molecule has 1 aromatic heterocycles. The third-order valence-corrected chi connectivity index (χ3v) is 4.66. The normalized spacial score (nSPS) is 29.2. The van der Waals surface area contributed by atoms with Crippen LogP contribution >= 0.6 is 0 Å². The molecular weight excluding hydrogens is 270 g/mol. The Morgan fingerprint density at radius 3 is 3.05 bits per heavy atom. The molecule has 21 heavy (non-hydrogen) atoms. The Hall–Kier alpha value is -1.40. The molecule has 0 aromatic carbocycles. The maximum absolute atomic E-state index is 12.2. The SMILES string of the molecule is O=C(CCCn1ccnc1)N1CC[C@@]2(CCCO2)[C@@H](O)C1. The van der Waals surface area contributed by atoms with Crippen molar-refractivity contribution in [2.24, 2.45) is 0 Å². The molecule has 0 radical (unpaired) electrons. The van der Waals surface area contributed by atoms with Crippen LogP contribution in [0.3, 0.4) is 0 Å². The van der Waals surface area contributed by atoms with E-state index in [4.69, 9.17) is 4.74 Å². The second-order valence-corrected chi connectivity index (χ2v) is 6.03. The van der Waals surface area contributed by atoms with Crippen molar-refractivity contribution in [2.45, 2.75) is 50.4 Å². The molecule has 116 valence electrons. The Labute approximate surface area is 124 Å². The molecule has 0 bridgehead atoms. The first-order valence-electron chi connectivity index (χ1n) is 7.75. The number of hydrogen-bond acceptors (Lipinski definition) is 4. The van der Waals surface area contributed by atoms with Gasteiger partial charge < -0.3 is 19.3 Å². The van der Waals surface area contributed by atoms with Crippen LogP contribution in [-0.2, 0) is 16.1 Å². The predicted molar refractivity (Wildman–Crippen MR) is 76.6 cm³/mol. The van der Waals surface area contributed by atoms with E-state index in [0.29, 0.717) is 19.5 Å². The lowest BCUT2D eigenvalue weighted by Crippen LogP contribution is -2.56. The van der Waals surface area contributed by atoms with Crippen LogP contribution < -0.4 is 0 Å². The maximum atomic E-state index is 12.2. The van der Waals surface area contributed by atoms with Gasteiger partial charge in [0.1, 0.15) is 6.10 Å². The Bertz CT molecular complexity index is 469. The number of carbonyl (C=O) groups excluding carboxylic acids is 1. The van der Waals surface area contributed by atoms with E-state index in [1.165, 1.54) is 0 Å². The van der Waals surface area contributed by atoms with Crippen LogP contribution in [0.1, 0.15) is 32.1 Å². The fourth-order valence-electron chi connectivity index (χ4n) is 3.35. The first-order chi connectivity index (χ1) is 10.2. The van der Waals surface area contributed by atoms with Gasteiger partial charge >= 0.3 is 0 Å². The Morgan fingerprint density at radius 1 is 1.48 bits per heavy atom. The number of aliphatic hydroxyl groups is 1. The lowest BCUT2D eigenvalue weighted by Gasteiger charge is -2.42. The molecule has 1 aromatic rings. The van der Waals surface area contributed by atoms with Crippen molar-refractivity contribution in [3.05, 3.63) is 18.7 Å². The number of aryl methyl sites for hydroxylation is 1. The van der Waals surface area contributed by atoms with Gasteiger partial charge in [0.25, 0.3) is 0 Å². The van der Waals surface area contributed by atoms with E-state index in [-0.39, 0.29) is 11.5 Å². The number of carbonyl (C=O) groups is 1. The van der Waals surface area contributed by atoms with Gasteiger partial charge in [-0.1, -0.05) is 0 Å². The molecule has 2 aliphatic heterocycles. The van der Waals surface area contributed by atoms with Crippen LogP contribution in [0.4, 0.5) is 0 Å². The summed E-state index contributed by atoms with van der Waals surface area (Å²) in [6, 6.07) is 0. The number of β-amino-alcohol motifs (C(OH)–C–C–N with tert-alkyl or cyclic N) is 1. The van der Waals surface area contributed by atoms with Gasteiger partial charge in [-0.2, -0.15) is 0 Å². The van der Waals surface area contributed by atoms with Crippen LogP contribution in [-0.4, -0.2) is 56.9 Å². The fourth-order valence-corrected chi connectivity index (χ4v) is 3.35. The average Bonchev–Trinajstić information content (AvgIpc) is 3.14. The van der Waals surface area contributed by atoms with E-state index in [0.717, 1.165) is 38.8 Å². The third-order valence-electron chi connectivity index (χ3n) is 4.66. The smallest absolute Gasteiger partial charge is 0.222 e. The van der Waals surface area contributed by atoms with E-state index in [2.05, 4.69) is 4.98 Å². The molecule has 2 atom stereocenters. The number of aliphatic hydroxyl groups excluding tert-OH is 1. The molecule has 2 saturated heterocycles. The highest BCUT2D eigenvalue weighted by Crippen LogP contribution is 2.36. The second kappa shape index (κ2) is 6.15. The van der Waals surface area contributed by atoms with Gasteiger partial charge in [0, 0.05) is 45.1 Å². The number of amides is 1. The zero-order valence-electron chi connectivity index (χ0n) is 12.3. The number of likely N-dealkylation sites (tertiary alicyclic amines) is 1. The quantitative estimate of drug-likeness (QED) is 0.892. The van der Waals surface area contributed by atoms with Gasteiger partial charge in [-0.05, 0) is 25.7 Å². The van der Waals surface area contributed by atoms with Crippen molar-refractivity contribution >= 4 is 5.91 Å². The molecule has 1 N–H and O–H groups in total. The largest absolute Gasteiger partial charge is 0.388 e. The van der Waals surface area contributed by atoms with Gasteiger partial charge in [0.05, 0.1) is 11.9 Å². The molecular formula is C15H23N3O3. The van der Waals surface area contributed by atoms with Gasteiger partial charge in [-0.3, -0.25) is 4.79 Å². The number of hydrogen-bond donors (Lipinski definition) is 1. The zero-order valence-corrected chi connectivity index (χ0v) is 12.3. The minimum absolute atomic E-state index is 0.127. The van der Waals surface area contributed by atoms with Crippen molar-refractivity contribution in [2.75, 3.05) is 19.7 Å². The predicted octanol–water partition coefficient (Wildman–Crippen LogP) is 0.806. The molecule has 0 saturated carbocycles. The Morgan fingerprint density at radius 2 is 2.38 bits per heavy atom. The summed E-state index contributed by atoms with van der Waals surface area (Å²) in [6.45, 7) is 2.63. The summed E-state index contributed by atoms with van der Waals surface area (Å²) in [5, 5.41) is 10.3. The van der Waals surface area contributed by atoms with Crippen LogP contribution in [0, 0.1) is 0 Å². The van der Waals surface area contributed by atoms with Gasteiger partial charge in [0.15, 0.2) is 0 Å². The number of nitrogens with zero attached hydrogens (tertiary/aromatic N) is 3. The third kappa shape index (κ3) is 3.11. The summed E-state index contributed by atoms with van der Waals surface area (Å²) in [5.41, 5.74) is -0.381. The van der Waals surface area contributed by atoms with E-state index >= 15 is 0 Å². The second-order valence-electron chi connectivity index (χ2n) is 6.03. The molecule has 1 amide bonds. The molecule has 3 rings (SSSR count). The monoisotopic (exact) mass is 293 g/mol. The lowest BCUT2D eigenvalue weighted by atomic mass is 9.86. The average molecular weight is 293 g/mol. The van der Waals surface area contributed by atoms with Crippen LogP contribution in [0.15, 0.2) is 18.7 Å². The molecule has 0 unspecified atom stereocenters. The molecule has 0 aliphatic carbocycles. The van der Waals surface area contributed by atoms with E-state index in [1.54, 1.807) is 17.4 Å². The topological polar surface area (TPSA) is 67.6 Å². The first-order valence-corrected chi connectivity index (χ1v) is 7.75. The number of rotatable bonds is 4. The highest BCUT2D eigenvalue weighted by atomic mass is 16.5. The lowest BCUT2D eigenvalue weighted by molar-refractivity contribution is -0.152. The number of aromatic nitrogens is 2. The minimum Gasteiger partial charge on any atom is -0.388 e. The van der Waals surface area contributed by atoms with Crippen molar-refractivity contribution in [1.82, 2.24) is 14.5 Å². The first kappa shape index (κ1) is 14.5. The van der Waals surface area contributed by atoms with Gasteiger partial charge in [0.2, 0.25) is 5.91 Å². The summed E-state index contributed by atoms with van der Waals surface area (Å²) >= 11 is 0. The van der Waals surface area contributed by atoms with Gasteiger partial charge in [-0.25, -0.2) is 4.98 Å². The highest BCUT2D eigenvalue weighted by molar-refractivity contribution is 5.76. The van der Waals surface area contributed by atoms with Crippen molar-refractivity contribution in [3.63, 3.8) is 0 Å². The van der Waals surface area contributed by atoms with Crippen LogP contribution in [0.5, 0.6) is 0 Å². The fraction of sp³-hybridized carbons (Fsp3) is 0.733. The summed E-state index contributed by atoms with van der Waals surface area (Å²) < 4.78 is 7.73. The molecule has 3 heterocycles. The maximum Gasteiger partial charge on any atom is 0.222 e. The van der Waals surface area contributed by atoms with E-state index in [1.807, 2.05) is 10.8 Å². The van der Waals surface area contributed by atoms with Crippen molar-refractivity contribution < 1.29 is 14.6 Å². The van der Waals surface area contributed by atoms with E-state index in [9.17, 15) is 9.90 Å². The number of imidazole rings is 1. The molecule has 6 heteroatoms. The number of ether oxygens (including phenoxy) is 1. The van der Waals surface area contributed by atoms with Crippen molar-refractivity contribution in [1.29, 1.82) is 0 Å². The molecule has 2 fully saturated rings. The zero-order chi connectivity index (χ0) is 14.7. The summed E-state index contributed by atoms with van der Waals surface area (Å²) in [6.07, 6.45) is 8.83. The van der Waals surface area contributed by atoms with Crippen LogP contribution in [0.2, 0.25) is 0 Å². The molecule has 6 nitrogen and oxygen atoms in total. The Balaban J connectivity index is 1.45. The Kier molecular flexibility index (Phi) is 4.26. The summed E-state index contributed by atoms with van der Waals surface area (Å²) in [4.78, 5) is 18.0. The summed E-state index contributed by atoms with van der Waals surface area (Å²) in [5.74, 6) is 0.127. The summed E-state index contributed by atoms with van der Waals surface area (Å²) in [7, 11) is 0. The molecule has 2 aliphatic rings. The highest BCUT2D eigenvalue weighted by Gasteiger charge is 2.46. The standard InChI is InChI=1S/C15H23N3O3/c19-13-11-18(8-5-15(13)4-2-10-21-15)14(20)3-1-7-17-9-6-16-12-17/h6,9,12-13,19H,1-5,7-8,10-11H2/t13-,15-/m0/s1. The van der Waals surface area contributed by atoms with Crippen LogP contribution in [0.25, 0.3) is 0 Å². The molecule has 1 spiro atoms. The minimum atomic E-state index is -0.550. The van der Waals surface area contributed by atoms with E-state index < -0.39 is 6.10 Å². The van der Waals surface area contributed by atoms with Crippen molar-refractivity contribution in [3.8, 4) is 0 Å².